The van der Waals surface area contributed by atoms with E-state index in [1.54, 1.807) is 0 Å². The highest BCUT2D eigenvalue weighted by molar-refractivity contribution is 7.19. The van der Waals surface area contributed by atoms with Gasteiger partial charge in [-0.15, -0.1) is 11.3 Å². The first-order valence-corrected chi connectivity index (χ1v) is 14.6. The number of halogens is 4. The summed E-state index contributed by atoms with van der Waals surface area (Å²) in [6, 6.07) is 9.06. The molecular weight excluding hydrogens is 572 g/mol. The molecule has 0 unspecified atom stereocenters. The van der Waals surface area contributed by atoms with Crippen molar-refractivity contribution in [3.8, 4) is 32.7 Å². The van der Waals surface area contributed by atoms with Crippen LogP contribution < -0.4 is 9.64 Å². The molecule has 8 rings (SSSR count). The van der Waals surface area contributed by atoms with Gasteiger partial charge in [0, 0.05) is 25.6 Å². The lowest BCUT2D eigenvalue weighted by molar-refractivity contribution is -0.151. The van der Waals surface area contributed by atoms with Gasteiger partial charge < -0.3 is 14.5 Å². The molecule has 2 saturated carbocycles. The molecule has 2 spiro atoms. The molecule has 2 aliphatic heterocycles. The van der Waals surface area contributed by atoms with Crippen LogP contribution in [0.5, 0.6) is 5.75 Å². The summed E-state index contributed by atoms with van der Waals surface area (Å²) in [6.45, 7) is 1.35. The monoisotopic (exact) mass is 596 g/mol. The molecule has 3 fully saturated rings. The van der Waals surface area contributed by atoms with Crippen molar-refractivity contribution in [3.05, 3.63) is 59.9 Å². The van der Waals surface area contributed by atoms with Gasteiger partial charge in [-0.3, -0.25) is 4.79 Å². The van der Waals surface area contributed by atoms with Crippen LogP contribution in [0.15, 0.2) is 42.7 Å². The Morgan fingerprint density at radius 1 is 1.02 bits per heavy atom. The lowest BCUT2D eigenvalue weighted by Crippen LogP contribution is -2.65. The first-order valence-electron chi connectivity index (χ1n) is 13.8. The first-order chi connectivity index (χ1) is 20.3. The number of hydrogen-bond acceptors (Lipinski definition) is 7. The summed E-state index contributed by atoms with van der Waals surface area (Å²) in [5.74, 6) is -0.729. The van der Waals surface area contributed by atoms with Gasteiger partial charge >= 0.3 is 6.43 Å². The Morgan fingerprint density at radius 2 is 1.79 bits per heavy atom. The molecule has 216 valence electrons. The smallest absolute Gasteiger partial charge is 0.315 e. The van der Waals surface area contributed by atoms with Crippen LogP contribution in [-0.2, 0) is 11.2 Å². The largest absolute Gasteiger partial charge is 0.491 e. The lowest BCUT2D eigenvalue weighted by Gasteiger charge is -2.49. The maximum Gasteiger partial charge on any atom is 0.315 e. The maximum absolute atomic E-state index is 14.6. The summed E-state index contributed by atoms with van der Waals surface area (Å²) in [7, 11) is 0. The number of carbonyl (C=O) groups excluding carboxylic acids is 1. The predicted molar refractivity (Wildman–Crippen MR) is 146 cm³/mol. The second-order valence-corrected chi connectivity index (χ2v) is 12.5. The van der Waals surface area contributed by atoms with Gasteiger partial charge in [0.25, 0.3) is 5.91 Å². The summed E-state index contributed by atoms with van der Waals surface area (Å²) in [5.41, 5.74) is 0.597. The van der Waals surface area contributed by atoms with E-state index in [0.717, 1.165) is 21.4 Å². The molecule has 1 aromatic carbocycles. The van der Waals surface area contributed by atoms with E-state index in [4.69, 9.17) is 9.72 Å². The van der Waals surface area contributed by atoms with E-state index in [0.29, 0.717) is 74.9 Å². The Balaban J connectivity index is 1.16. The topological polar surface area (TPSA) is 76.4 Å². The van der Waals surface area contributed by atoms with Crippen LogP contribution in [0.4, 0.5) is 23.4 Å². The fraction of sp³-hybridized carbons (Fsp3) is 0.379. The minimum absolute atomic E-state index is 0.0871. The molecule has 0 radical (unpaired) electrons. The van der Waals surface area contributed by atoms with Crippen molar-refractivity contribution in [2.75, 3.05) is 24.6 Å². The molecule has 42 heavy (non-hydrogen) atoms. The quantitative estimate of drug-likeness (QED) is 0.300. The average molecular weight is 597 g/mol. The fourth-order valence-electron chi connectivity index (χ4n) is 6.52. The fourth-order valence-corrected chi connectivity index (χ4v) is 7.70. The predicted octanol–water partition coefficient (Wildman–Crippen LogP) is 5.25. The number of carbonyl (C=O) groups is 1. The van der Waals surface area contributed by atoms with Gasteiger partial charge in [-0.25, -0.2) is 23.4 Å². The Kier molecular flexibility index (Phi) is 5.50. The summed E-state index contributed by atoms with van der Waals surface area (Å²) < 4.78 is 62.6. The molecule has 5 heterocycles. The van der Waals surface area contributed by atoms with E-state index in [2.05, 4.69) is 15.0 Å². The van der Waals surface area contributed by atoms with E-state index in [1.807, 2.05) is 18.2 Å². The standard InChI is InChI=1S/C29H24F4N6O2S/c30-17-1-2-19(18(31)12-17)38-26(34-15-35-38)21-11-16-5-10-41-20-3-4-22(36-23(20)24(16)42-21)37-13-28(6-7-28)39(27(40)25(32)33)29(14-37)8-9-29/h1-4,11-12,15,25H,5-10,13-14H2. The van der Waals surface area contributed by atoms with Crippen molar-refractivity contribution in [1.82, 2.24) is 24.6 Å². The Labute approximate surface area is 241 Å². The Hall–Kier alpha value is -4.00. The number of thiophene rings is 1. The van der Waals surface area contributed by atoms with Gasteiger partial charge in [0.2, 0.25) is 0 Å². The SMILES string of the molecule is O=C(C(F)F)N1C2(CC2)CN(c2ccc3c(n2)-c2sc(-c4ncnn4-c4ccc(F)cc4F)cc2CCO3)CC12CC2. The number of hydrogen-bond donors (Lipinski definition) is 0. The van der Waals surface area contributed by atoms with Gasteiger partial charge in [0.15, 0.2) is 11.6 Å². The Morgan fingerprint density at radius 3 is 2.48 bits per heavy atom. The van der Waals surface area contributed by atoms with Crippen molar-refractivity contribution in [3.63, 3.8) is 0 Å². The van der Waals surface area contributed by atoms with Crippen molar-refractivity contribution < 1.29 is 27.1 Å². The van der Waals surface area contributed by atoms with E-state index >= 15 is 0 Å². The summed E-state index contributed by atoms with van der Waals surface area (Å²) in [6.07, 6.45) is 1.74. The maximum atomic E-state index is 14.6. The number of piperazine rings is 1. The molecule has 0 bridgehead atoms. The third kappa shape index (κ3) is 3.92. The molecular formula is C29H24F4N6O2S. The van der Waals surface area contributed by atoms with Crippen LogP contribution in [0.3, 0.4) is 0 Å². The second kappa shape index (κ2) is 9.00. The van der Waals surface area contributed by atoms with Crippen molar-refractivity contribution in [2.24, 2.45) is 0 Å². The van der Waals surface area contributed by atoms with Crippen LogP contribution in [0, 0.1) is 11.6 Å². The molecule has 8 nitrogen and oxygen atoms in total. The highest BCUT2D eigenvalue weighted by atomic mass is 32.1. The number of ether oxygens (including phenoxy) is 1. The van der Waals surface area contributed by atoms with E-state index in [-0.39, 0.29) is 5.69 Å². The number of pyridine rings is 1. The van der Waals surface area contributed by atoms with E-state index in [9.17, 15) is 22.4 Å². The van der Waals surface area contributed by atoms with Crippen LogP contribution in [-0.4, -0.2) is 67.8 Å². The number of anilines is 1. The van der Waals surface area contributed by atoms with Crippen LogP contribution in [0.1, 0.15) is 31.2 Å². The number of fused-ring (bicyclic) bond motifs is 3. The third-order valence-electron chi connectivity index (χ3n) is 8.71. The van der Waals surface area contributed by atoms with Crippen LogP contribution >= 0.6 is 11.3 Å². The molecule has 1 saturated heterocycles. The van der Waals surface area contributed by atoms with Gasteiger partial charge in [-0.2, -0.15) is 13.9 Å². The first kappa shape index (κ1) is 25.7. The third-order valence-corrected chi connectivity index (χ3v) is 9.89. The van der Waals surface area contributed by atoms with Crippen LogP contribution in [0.2, 0.25) is 0 Å². The van der Waals surface area contributed by atoms with E-state index in [1.165, 1.54) is 39.4 Å². The zero-order valence-corrected chi connectivity index (χ0v) is 23.0. The average Bonchev–Trinajstić information content (AvgIpc) is 3.81. The summed E-state index contributed by atoms with van der Waals surface area (Å²) in [4.78, 5) is 27.2. The minimum atomic E-state index is -3.01. The molecule has 3 aromatic heterocycles. The van der Waals surface area contributed by atoms with Gasteiger partial charge in [-0.05, 0) is 61.6 Å². The molecule has 0 atom stereocenters. The molecule has 1 amide bonds. The van der Waals surface area contributed by atoms with E-state index < -0.39 is 35.0 Å². The molecule has 2 aliphatic carbocycles. The zero-order valence-electron chi connectivity index (χ0n) is 22.2. The van der Waals surface area contributed by atoms with Gasteiger partial charge in [0.05, 0.1) is 27.4 Å². The molecule has 0 N–H and O–H groups in total. The molecule has 13 heteroatoms. The van der Waals surface area contributed by atoms with Gasteiger partial charge in [-0.1, -0.05) is 0 Å². The highest BCUT2D eigenvalue weighted by Gasteiger charge is 2.67. The number of alkyl halides is 2. The number of aromatic nitrogens is 4. The normalized spacial score (nSPS) is 19.5. The zero-order chi connectivity index (χ0) is 28.8. The Bertz CT molecular complexity index is 1730. The second-order valence-electron chi connectivity index (χ2n) is 11.4. The summed E-state index contributed by atoms with van der Waals surface area (Å²) >= 11 is 1.44. The highest BCUT2D eigenvalue weighted by Crippen LogP contribution is 2.58. The molecule has 4 aliphatic rings. The van der Waals surface area contributed by atoms with Crippen molar-refractivity contribution in [2.45, 2.75) is 49.6 Å². The van der Waals surface area contributed by atoms with Crippen molar-refractivity contribution >= 4 is 23.1 Å². The molecule has 4 aromatic rings. The number of benzene rings is 1. The number of nitrogens with zero attached hydrogens (tertiary/aromatic N) is 6. The lowest BCUT2D eigenvalue weighted by atomic mass is 10.0. The summed E-state index contributed by atoms with van der Waals surface area (Å²) in [5, 5.41) is 4.19. The number of amides is 1. The van der Waals surface area contributed by atoms with Crippen LogP contribution in [0.25, 0.3) is 27.0 Å². The van der Waals surface area contributed by atoms with Gasteiger partial charge in [0.1, 0.15) is 35.1 Å². The minimum Gasteiger partial charge on any atom is -0.491 e. The number of rotatable bonds is 4. The van der Waals surface area contributed by atoms with Crippen molar-refractivity contribution in [1.29, 1.82) is 0 Å².